The van der Waals surface area contributed by atoms with Gasteiger partial charge < -0.3 is 9.52 Å². The van der Waals surface area contributed by atoms with E-state index in [1.54, 1.807) is 12.1 Å². The van der Waals surface area contributed by atoms with Gasteiger partial charge in [0, 0.05) is 11.3 Å². The lowest BCUT2D eigenvalue weighted by Crippen LogP contribution is -2.19. The van der Waals surface area contributed by atoms with E-state index >= 15 is 0 Å². The van der Waals surface area contributed by atoms with E-state index in [4.69, 9.17) is 4.42 Å². The van der Waals surface area contributed by atoms with E-state index in [1.807, 2.05) is 54.6 Å². The predicted molar refractivity (Wildman–Crippen MR) is 94.8 cm³/mol. The maximum Gasteiger partial charge on any atom is 0.354 e. The lowest BCUT2D eigenvalue weighted by atomic mass is 9.82. The van der Waals surface area contributed by atoms with Crippen LogP contribution in [0.2, 0.25) is 0 Å². The lowest BCUT2D eigenvalue weighted by molar-refractivity contribution is 0.130. The zero-order chi connectivity index (χ0) is 17.4. The molecule has 0 bridgehead atoms. The molecular weight excluding hydrogens is 314 g/mol. The molecule has 0 amide bonds. The number of nitrogens with zero attached hydrogens (tertiary/aromatic N) is 1. The van der Waals surface area contributed by atoms with Crippen molar-refractivity contribution >= 4 is 17.0 Å². The summed E-state index contributed by atoms with van der Waals surface area (Å²) in [7, 11) is 0. The van der Waals surface area contributed by atoms with Crippen molar-refractivity contribution in [2.45, 2.75) is 12.5 Å². The van der Waals surface area contributed by atoms with Gasteiger partial charge in [-0.25, -0.2) is 4.79 Å². The van der Waals surface area contributed by atoms with E-state index in [0.717, 1.165) is 16.5 Å². The quantitative estimate of drug-likeness (QED) is 0.729. The van der Waals surface area contributed by atoms with Crippen molar-refractivity contribution in [2.24, 2.45) is 5.92 Å². The van der Waals surface area contributed by atoms with Gasteiger partial charge in [0.15, 0.2) is 0 Å². The highest BCUT2D eigenvalue weighted by Crippen LogP contribution is 2.35. The van der Waals surface area contributed by atoms with Crippen LogP contribution in [-0.2, 0) is 6.42 Å². The Hall–Kier alpha value is -3.16. The molecule has 3 aromatic rings. The minimum absolute atomic E-state index is 0.0122. The normalized spacial score (nSPS) is 18.7. The topological polar surface area (TPSA) is 74.2 Å². The molecule has 0 spiro atoms. The Morgan fingerprint density at radius 3 is 2.72 bits per heavy atom. The number of nitriles is 1. The summed E-state index contributed by atoms with van der Waals surface area (Å²) in [6.07, 6.45) is 3.63. The average molecular weight is 329 g/mol. The molecule has 1 aliphatic carbocycles. The van der Waals surface area contributed by atoms with Crippen LogP contribution in [0.4, 0.5) is 0 Å². The van der Waals surface area contributed by atoms with E-state index in [0.29, 0.717) is 17.6 Å². The number of hydrogen-bond acceptors (Lipinski definition) is 4. The highest BCUT2D eigenvalue weighted by Gasteiger charge is 2.26. The van der Waals surface area contributed by atoms with Crippen LogP contribution in [0.5, 0.6) is 0 Å². The van der Waals surface area contributed by atoms with E-state index in [-0.39, 0.29) is 11.5 Å². The smallest absolute Gasteiger partial charge is 0.354 e. The molecule has 0 saturated heterocycles. The molecule has 0 unspecified atom stereocenters. The fraction of sp³-hybridized carbons (Fsp3) is 0.143. The number of rotatable bonds is 2. The van der Waals surface area contributed by atoms with Crippen LogP contribution in [0.1, 0.15) is 28.4 Å². The van der Waals surface area contributed by atoms with Crippen molar-refractivity contribution in [2.75, 3.05) is 0 Å². The molecule has 1 heterocycles. The summed E-state index contributed by atoms with van der Waals surface area (Å²) in [4.78, 5) is 12.1. The van der Waals surface area contributed by atoms with Crippen molar-refractivity contribution < 1.29 is 9.52 Å². The Kier molecular flexibility index (Phi) is 3.72. The second kappa shape index (κ2) is 6.04. The van der Waals surface area contributed by atoms with Gasteiger partial charge in [0.25, 0.3) is 0 Å². The standard InChI is InChI=1S/C21H15NO3/c22-12-18-17(16-7-3-4-8-19(16)25-21(18)24)11-14-10-9-13-5-1-2-6-15(13)20(14)23/h1-10,14,20,23H,11H2/t14-,20-/m0/s1. The Bertz CT molecular complexity index is 1090. The molecule has 4 heteroatoms. The minimum Gasteiger partial charge on any atom is -0.422 e. The zero-order valence-electron chi connectivity index (χ0n) is 13.3. The van der Waals surface area contributed by atoms with Crippen molar-refractivity contribution in [3.8, 4) is 6.07 Å². The Labute approximate surface area is 144 Å². The van der Waals surface area contributed by atoms with Crippen molar-refractivity contribution in [3.05, 3.63) is 87.3 Å². The first-order valence-corrected chi connectivity index (χ1v) is 8.09. The van der Waals surface area contributed by atoms with Gasteiger partial charge in [-0.2, -0.15) is 5.26 Å². The van der Waals surface area contributed by atoms with Gasteiger partial charge in [0.05, 0.1) is 6.10 Å². The summed E-state index contributed by atoms with van der Waals surface area (Å²) in [5, 5.41) is 20.9. The first-order chi connectivity index (χ1) is 12.2. The molecule has 1 aliphatic rings. The van der Waals surface area contributed by atoms with Crippen LogP contribution < -0.4 is 5.63 Å². The number of benzene rings is 2. The van der Waals surface area contributed by atoms with Gasteiger partial charge in [-0.15, -0.1) is 0 Å². The van der Waals surface area contributed by atoms with Gasteiger partial charge >= 0.3 is 5.63 Å². The maximum absolute atomic E-state index is 12.1. The molecule has 1 N–H and O–H groups in total. The molecule has 4 nitrogen and oxygen atoms in total. The predicted octanol–water partition coefficient (Wildman–Crippen LogP) is 3.58. The maximum atomic E-state index is 12.1. The summed E-state index contributed by atoms with van der Waals surface area (Å²) < 4.78 is 5.24. The molecule has 0 fully saturated rings. The lowest BCUT2D eigenvalue weighted by Gasteiger charge is -2.26. The number of para-hydroxylation sites is 1. The first kappa shape index (κ1) is 15.4. The van der Waals surface area contributed by atoms with Crippen LogP contribution in [0.3, 0.4) is 0 Å². The molecule has 25 heavy (non-hydrogen) atoms. The van der Waals surface area contributed by atoms with Crippen molar-refractivity contribution in [3.63, 3.8) is 0 Å². The van der Waals surface area contributed by atoms with Crippen LogP contribution in [0.25, 0.3) is 17.0 Å². The number of fused-ring (bicyclic) bond motifs is 2. The van der Waals surface area contributed by atoms with E-state index in [1.165, 1.54) is 0 Å². The first-order valence-electron chi connectivity index (χ1n) is 8.09. The molecule has 0 saturated carbocycles. The molecule has 1 aromatic heterocycles. The second-order valence-electron chi connectivity index (χ2n) is 6.15. The summed E-state index contributed by atoms with van der Waals surface area (Å²) >= 11 is 0. The van der Waals surface area contributed by atoms with E-state index < -0.39 is 11.7 Å². The number of aliphatic hydroxyl groups is 1. The third kappa shape index (κ3) is 2.55. The molecule has 122 valence electrons. The zero-order valence-corrected chi connectivity index (χ0v) is 13.3. The fourth-order valence-electron chi connectivity index (χ4n) is 3.45. The Morgan fingerprint density at radius 2 is 1.88 bits per heavy atom. The van der Waals surface area contributed by atoms with Crippen LogP contribution >= 0.6 is 0 Å². The molecule has 2 aromatic carbocycles. The highest BCUT2D eigenvalue weighted by molar-refractivity contribution is 5.82. The molecule has 2 atom stereocenters. The molecule has 4 rings (SSSR count). The number of aliphatic hydroxyl groups excluding tert-OH is 1. The van der Waals surface area contributed by atoms with Gasteiger partial charge in [0.1, 0.15) is 17.2 Å². The largest absolute Gasteiger partial charge is 0.422 e. The minimum atomic E-state index is -0.682. The monoisotopic (exact) mass is 329 g/mol. The van der Waals surface area contributed by atoms with Crippen LogP contribution in [0.15, 0.2) is 63.8 Å². The number of hydrogen-bond donors (Lipinski definition) is 1. The van der Waals surface area contributed by atoms with Gasteiger partial charge in [-0.05, 0) is 29.2 Å². The third-order valence-corrected chi connectivity index (χ3v) is 4.72. The van der Waals surface area contributed by atoms with E-state index in [2.05, 4.69) is 0 Å². The molecular formula is C21H15NO3. The SMILES string of the molecule is N#Cc1c(C[C@@H]2C=Cc3ccccc3[C@H]2O)c2ccccc2oc1=O. The second-order valence-corrected chi connectivity index (χ2v) is 6.15. The average Bonchev–Trinajstić information content (AvgIpc) is 2.64. The highest BCUT2D eigenvalue weighted by atomic mass is 16.4. The van der Waals surface area contributed by atoms with Gasteiger partial charge in [-0.1, -0.05) is 54.6 Å². The van der Waals surface area contributed by atoms with Crippen LogP contribution in [0, 0.1) is 17.2 Å². The summed E-state index contributed by atoms with van der Waals surface area (Å²) in [5.74, 6) is -0.216. The third-order valence-electron chi connectivity index (χ3n) is 4.72. The van der Waals surface area contributed by atoms with Gasteiger partial charge in [0.2, 0.25) is 0 Å². The van der Waals surface area contributed by atoms with Gasteiger partial charge in [-0.3, -0.25) is 0 Å². The summed E-state index contributed by atoms with van der Waals surface area (Å²) in [6.45, 7) is 0. The van der Waals surface area contributed by atoms with E-state index in [9.17, 15) is 15.2 Å². The summed E-state index contributed by atoms with van der Waals surface area (Å²) in [6, 6.07) is 16.8. The van der Waals surface area contributed by atoms with Crippen molar-refractivity contribution in [1.29, 1.82) is 5.26 Å². The summed E-state index contributed by atoms with van der Waals surface area (Å²) in [5.41, 5.74) is 2.31. The molecule has 0 aliphatic heterocycles. The van der Waals surface area contributed by atoms with Crippen molar-refractivity contribution in [1.82, 2.24) is 0 Å². The van der Waals surface area contributed by atoms with Crippen LogP contribution in [-0.4, -0.2) is 5.11 Å². The Morgan fingerprint density at radius 1 is 1.12 bits per heavy atom. The Balaban J connectivity index is 1.82. The fourth-order valence-corrected chi connectivity index (χ4v) is 3.45. The molecule has 0 radical (unpaired) electrons.